The number of hydrogen-bond acceptors (Lipinski definition) is 3. The van der Waals surface area contributed by atoms with Crippen LogP contribution in [0.3, 0.4) is 0 Å². The summed E-state index contributed by atoms with van der Waals surface area (Å²) >= 11 is 0. The van der Waals surface area contributed by atoms with E-state index in [9.17, 15) is 9.18 Å². The van der Waals surface area contributed by atoms with Crippen molar-refractivity contribution < 1.29 is 9.18 Å². The van der Waals surface area contributed by atoms with Crippen molar-refractivity contribution >= 4 is 5.91 Å². The molecule has 1 aromatic carbocycles. The van der Waals surface area contributed by atoms with Gasteiger partial charge < -0.3 is 9.88 Å². The van der Waals surface area contributed by atoms with Gasteiger partial charge in [-0.15, -0.1) is 0 Å². The first-order chi connectivity index (χ1) is 11.6. The van der Waals surface area contributed by atoms with Crippen molar-refractivity contribution in [1.29, 1.82) is 0 Å². The summed E-state index contributed by atoms with van der Waals surface area (Å²) in [4.78, 5) is 20.7. The second-order valence-electron chi connectivity index (χ2n) is 5.38. The van der Waals surface area contributed by atoms with E-state index in [4.69, 9.17) is 0 Å². The summed E-state index contributed by atoms with van der Waals surface area (Å²) in [7, 11) is 0. The molecule has 6 heteroatoms. The molecule has 0 fully saturated rings. The van der Waals surface area contributed by atoms with E-state index < -0.39 is 0 Å². The molecule has 0 unspecified atom stereocenters. The normalized spacial score (nSPS) is 10.6. The molecule has 1 amide bonds. The Hall–Kier alpha value is -3.02. The van der Waals surface area contributed by atoms with Gasteiger partial charge in [-0.1, -0.05) is 12.1 Å². The van der Waals surface area contributed by atoms with Crippen molar-refractivity contribution in [3.05, 3.63) is 71.9 Å². The predicted octanol–water partition coefficient (Wildman–Crippen LogP) is 2.82. The molecule has 3 rings (SSSR count). The lowest BCUT2D eigenvalue weighted by atomic mass is 10.1. The fourth-order valence-corrected chi connectivity index (χ4v) is 2.34. The molecule has 0 aliphatic carbocycles. The molecular formula is C18H17FN4O. The number of benzene rings is 1. The lowest BCUT2D eigenvalue weighted by molar-refractivity contribution is 0.0952. The summed E-state index contributed by atoms with van der Waals surface area (Å²) in [6.07, 6.45) is 5.24. The number of carbonyl (C=O) groups is 1. The quantitative estimate of drug-likeness (QED) is 0.785. The average molecular weight is 324 g/mol. The van der Waals surface area contributed by atoms with Crippen LogP contribution in [0.5, 0.6) is 0 Å². The van der Waals surface area contributed by atoms with Gasteiger partial charge in [0.05, 0.1) is 0 Å². The number of aromatic nitrogens is 3. The van der Waals surface area contributed by atoms with Crippen LogP contribution in [0.2, 0.25) is 0 Å². The molecule has 0 radical (unpaired) electrons. The maximum Gasteiger partial charge on any atom is 0.251 e. The van der Waals surface area contributed by atoms with Gasteiger partial charge in [0.15, 0.2) is 5.82 Å². The Balaban J connectivity index is 1.62. The highest BCUT2D eigenvalue weighted by Crippen LogP contribution is 2.13. The van der Waals surface area contributed by atoms with E-state index in [0.29, 0.717) is 24.2 Å². The molecule has 0 aliphatic rings. The topological polar surface area (TPSA) is 59.8 Å². The first-order valence-electron chi connectivity index (χ1n) is 7.62. The van der Waals surface area contributed by atoms with Crippen molar-refractivity contribution in [3.8, 4) is 11.5 Å². The molecule has 0 aliphatic heterocycles. The second kappa shape index (κ2) is 7.04. The summed E-state index contributed by atoms with van der Waals surface area (Å²) in [5.74, 6) is 0.0642. The first kappa shape index (κ1) is 15.9. The molecule has 2 aromatic heterocycles. The van der Waals surface area contributed by atoms with E-state index in [-0.39, 0.29) is 11.7 Å². The zero-order valence-corrected chi connectivity index (χ0v) is 13.2. The van der Waals surface area contributed by atoms with Gasteiger partial charge in [-0.3, -0.25) is 9.78 Å². The summed E-state index contributed by atoms with van der Waals surface area (Å²) in [6.45, 7) is 2.62. The number of nitrogens with one attached hydrogen (secondary N) is 1. The van der Waals surface area contributed by atoms with Crippen LogP contribution < -0.4 is 5.32 Å². The number of aryl methyl sites for hydroxylation is 1. The average Bonchev–Trinajstić information content (AvgIpc) is 3.06. The van der Waals surface area contributed by atoms with E-state index in [0.717, 1.165) is 11.5 Å². The van der Waals surface area contributed by atoms with Crippen molar-refractivity contribution in [2.24, 2.45) is 0 Å². The molecule has 0 saturated carbocycles. The summed E-state index contributed by atoms with van der Waals surface area (Å²) in [5.41, 5.74) is 1.60. The van der Waals surface area contributed by atoms with Gasteiger partial charge in [-0.05, 0) is 36.8 Å². The third kappa shape index (κ3) is 3.48. The zero-order valence-electron chi connectivity index (χ0n) is 13.2. The van der Waals surface area contributed by atoms with Crippen molar-refractivity contribution in [2.75, 3.05) is 6.54 Å². The lowest BCUT2D eigenvalue weighted by Gasteiger charge is -2.09. The first-order valence-corrected chi connectivity index (χ1v) is 7.62. The van der Waals surface area contributed by atoms with Crippen LogP contribution in [-0.2, 0) is 6.54 Å². The molecule has 0 atom stereocenters. The fraction of sp³-hybridized carbons (Fsp3) is 0.167. The minimum Gasteiger partial charge on any atom is -0.350 e. The molecule has 0 bridgehead atoms. The Kier molecular flexibility index (Phi) is 4.65. The van der Waals surface area contributed by atoms with Crippen LogP contribution in [0.4, 0.5) is 4.39 Å². The molecule has 3 aromatic rings. The summed E-state index contributed by atoms with van der Waals surface area (Å²) in [5, 5.41) is 2.79. The van der Waals surface area contributed by atoms with Gasteiger partial charge in [0.2, 0.25) is 0 Å². The smallest absolute Gasteiger partial charge is 0.251 e. The highest BCUT2D eigenvalue weighted by molar-refractivity contribution is 5.94. The Labute approximate surface area is 139 Å². The third-order valence-corrected chi connectivity index (χ3v) is 3.68. The van der Waals surface area contributed by atoms with Crippen LogP contribution in [0.15, 0.2) is 55.0 Å². The monoisotopic (exact) mass is 324 g/mol. The van der Waals surface area contributed by atoms with Crippen LogP contribution in [-0.4, -0.2) is 27.0 Å². The van der Waals surface area contributed by atoms with Gasteiger partial charge in [0, 0.05) is 37.2 Å². The molecule has 0 spiro atoms. The van der Waals surface area contributed by atoms with Crippen molar-refractivity contribution in [1.82, 2.24) is 19.9 Å². The number of imidazole rings is 1. The number of carbonyl (C=O) groups excluding carboxylic acids is 1. The molecule has 122 valence electrons. The number of halogens is 1. The molecule has 1 N–H and O–H groups in total. The summed E-state index contributed by atoms with van der Waals surface area (Å²) < 4.78 is 15.4. The molecule has 0 saturated heterocycles. The van der Waals surface area contributed by atoms with Crippen LogP contribution >= 0.6 is 0 Å². The SMILES string of the molecule is Cc1ccc(C(=O)NCCn2ccnc2-c2ccccn2)cc1F. The number of amides is 1. The van der Waals surface area contributed by atoms with E-state index in [1.807, 2.05) is 29.0 Å². The number of pyridine rings is 1. The van der Waals surface area contributed by atoms with Gasteiger partial charge in [-0.2, -0.15) is 0 Å². The van der Waals surface area contributed by atoms with Crippen LogP contribution in [0.1, 0.15) is 15.9 Å². The van der Waals surface area contributed by atoms with Gasteiger partial charge in [-0.25, -0.2) is 9.37 Å². The van der Waals surface area contributed by atoms with Crippen LogP contribution in [0.25, 0.3) is 11.5 Å². The van der Waals surface area contributed by atoms with Crippen LogP contribution in [0, 0.1) is 12.7 Å². The number of nitrogens with zero attached hydrogens (tertiary/aromatic N) is 3. The van der Waals surface area contributed by atoms with Gasteiger partial charge >= 0.3 is 0 Å². The molecule has 5 nitrogen and oxygen atoms in total. The lowest BCUT2D eigenvalue weighted by Crippen LogP contribution is -2.27. The summed E-state index contributed by atoms with van der Waals surface area (Å²) in [6, 6.07) is 10.1. The predicted molar refractivity (Wildman–Crippen MR) is 88.9 cm³/mol. The second-order valence-corrected chi connectivity index (χ2v) is 5.38. The van der Waals surface area contributed by atoms with Crippen molar-refractivity contribution in [3.63, 3.8) is 0 Å². The van der Waals surface area contributed by atoms with Gasteiger partial charge in [0.1, 0.15) is 11.5 Å². The fourth-order valence-electron chi connectivity index (χ4n) is 2.34. The highest BCUT2D eigenvalue weighted by Gasteiger charge is 2.09. The van der Waals surface area contributed by atoms with E-state index in [1.165, 1.54) is 6.07 Å². The Morgan fingerprint density at radius 3 is 2.83 bits per heavy atom. The Bertz CT molecular complexity index is 845. The largest absolute Gasteiger partial charge is 0.350 e. The van der Waals surface area contributed by atoms with E-state index >= 15 is 0 Å². The van der Waals surface area contributed by atoms with Gasteiger partial charge in [0.25, 0.3) is 5.91 Å². The highest BCUT2D eigenvalue weighted by atomic mass is 19.1. The molecule has 2 heterocycles. The Morgan fingerprint density at radius 1 is 1.21 bits per heavy atom. The standard InChI is InChI=1S/C18H17FN4O/c1-13-5-6-14(12-15(13)19)18(24)22-9-11-23-10-8-21-17(23)16-4-2-3-7-20-16/h2-8,10,12H,9,11H2,1H3,(H,22,24). The number of hydrogen-bond donors (Lipinski definition) is 1. The van der Waals surface area contributed by atoms with E-state index in [2.05, 4.69) is 15.3 Å². The van der Waals surface area contributed by atoms with E-state index in [1.54, 1.807) is 31.5 Å². The molecular weight excluding hydrogens is 307 g/mol. The Morgan fingerprint density at radius 2 is 2.08 bits per heavy atom. The maximum absolute atomic E-state index is 13.5. The number of rotatable bonds is 5. The van der Waals surface area contributed by atoms with Crippen molar-refractivity contribution in [2.45, 2.75) is 13.5 Å². The minimum atomic E-state index is -0.380. The third-order valence-electron chi connectivity index (χ3n) is 3.68. The molecule has 24 heavy (non-hydrogen) atoms. The minimum absolute atomic E-state index is 0.298. The maximum atomic E-state index is 13.5. The zero-order chi connectivity index (χ0) is 16.9.